The second-order valence-electron chi connectivity index (χ2n) is 7.00. The van der Waals surface area contributed by atoms with Crippen LogP contribution in [0.1, 0.15) is 27.2 Å². The van der Waals surface area contributed by atoms with Crippen molar-refractivity contribution in [1.82, 2.24) is 4.90 Å². The molecule has 2 saturated heterocycles. The lowest BCUT2D eigenvalue weighted by molar-refractivity contribution is -0.160. The molecule has 6 nitrogen and oxygen atoms in total. The molecule has 2 unspecified atom stereocenters. The van der Waals surface area contributed by atoms with Crippen LogP contribution in [0.2, 0.25) is 0 Å². The molecular formula is C17H25NO5. The Kier molecular flexibility index (Phi) is 4.47. The quantitative estimate of drug-likeness (QED) is 0.566. The molecule has 23 heavy (non-hydrogen) atoms. The summed E-state index contributed by atoms with van der Waals surface area (Å²) in [5.41, 5.74) is 1.00. The van der Waals surface area contributed by atoms with E-state index < -0.39 is 23.9 Å². The van der Waals surface area contributed by atoms with E-state index in [-0.39, 0.29) is 30.6 Å². The minimum absolute atomic E-state index is 0.0253. The Morgan fingerprint density at radius 3 is 2.74 bits per heavy atom. The number of carbonyl (C=O) groups excluding carboxylic acids is 2. The number of ether oxygens (including phenoxy) is 2. The van der Waals surface area contributed by atoms with Gasteiger partial charge in [0.15, 0.2) is 0 Å². The summed E-state index contributed by atoms with van der Waals surface area (Å²) in [5.74, 6) is -2.28. The molecule has 6 atom stereocenters. The van der Waals surface area contributed by atoms with E-state index in [1.54, 1.807) is 20.8 Å². The third-order valence-corrected chi connectivity index (χ3v) is 5.58. The zero-order chi connectivity index (χ0) is 16.7. The van der Waals surface area contributed by atoms with Crippen LogP contribution in [0.25, 0.3) is 0 Å². The van der Waals surface area contributed by atoms with Crippen LogP contribution in [0.15, 0.2) is 11.6 Å². The number of aliphatic hydroxyl groups excluding tert-OH is 1. The number of hydrogen-bond donors (Lipinski definition) is 1. The minimum Gasteiger partial charge on any atom is -0.461 e. The summed E-state index contributed by atoms with van der Waals surface area (Å²) < 4.78 is 11.2. The highest BCUT2D eigenvalue weighted by molar-refractivity contribution is 5.77. The summed E-state index contributed by atoms with van der Waals surface area (Å²) in [6.45, 7) is 7.01. The van der Waals surface area contributed by atoms with E-state index in [0.29, 0.717) is 0 Å². The van der Waals surface area contributed by atoms with Gasteiger partial charge in [-0.2, -0.15) is 0 Å². The number of rotatable bonds is 1. The van der Waals surface area contributed by atoms with E-state index >= 15 is 0 Å². The summed E-state index contributed by atoms with van der Waals surface area (Å²) >= 11 is 0. The molecular weight excluding hydrogens is 298 g/mol. The van der Waals surface area contributed by atoms with Gasteiger partial charge < -0.3 is 14.6 Å². The highest BCUT2D eigenvalue weighted by atomic mass is 16.5. The molecule has 6 heteroatoms. The summed E-state index contributed by atoms with van der Waals surface area (Å²) in [6, 6.07) is 0.0253. The van der Waals surface area contributed by atoms with Crippen molar-refractivity contribution < 1.29 is 24.2 Å². The Balaban J connectivity index is 1.89. The molecule has 128 valence electrons. The molecule has 0 radical (unpaired) electrons. The first-order chi connectivity index (χ1) is 10.9. The van der Waals surface area contributed by atoms with Gasteiger partial charge in [-0.1, -0.05) is 19.9 Å². The van der Waals surface area contributed by atoms with Crippen molar-refractivity contribution in [3.05, 3.63) is 11.6 Å². The molecule has 0 saturated carbocycles. The van der Waals surface area contributed by atoms with Crippen LogP contribution in [-0.4, -0.2) is 59.9 Å². The largest absolute Gasteiger partial charge is 0.461 e. The molecule has 3 aliphatic rings. The first kappa shape index (κ1) is 16.5. The fourth-order valence-electron chi connectivity index (χ4n) is 4.01. The van der Waals surface area contributed by atoms with Crippen LogP contribution >= 0.6 is 0 Å². The molecule has 0 amide bonds. The average molecular weight is 323 g/mol. The lowest BCUT2D eigenvalue weighted by Gasteiger charge is -2.28. The van der Waals surface area contributed by atoms with Gasteiger partial charge in [0, 0.05) is 13.1 Å². The summed E-state index contributed by atoms with van der Waals surface area (Å²) in [6.07, 6.45) is 1.82. The zero-order valence-corrected chi connectivity index (χ0v) is 13.9. The zero-order valence-electron chi connectivity index (χ0n) is 13.9. The fourth-order valence-corrected chi connectivity index (χ4v) is 4.01. The van der Waals surface area contributed by atoms with E-state index in [0.717, 1.165) is 25.1 Å². The van der Waals surface area contributed by atoms with Gasteiger partial charge in [-0.3, -0.25) is 14.5 Å². The van der Waals surface area contributed by atoms with Gasteiger partial charge in [-0.15, -0.1) is 0 Å². The number of aliphatic hydroxyl groups is 1. The van der Waals surface area contributed by atoms with Crippen molar-refractivity contribution in [1.29, 1.82) is 0 Å². The van der Waals surface area contributed by atoms with Gasteiger partial charge in [0.25, 0.3) is 0 Å². The molecule has 3 rings (SSSR count). The number of nitrogens with zero attached hydrogens (tertiary/aromatic N) is 1. The highest BCUT2D eigenvalue weighted by Gasteiger charge is 2.45. The van der Waals surface area contributed by atoms with Crippen LogP contribution in [0.4, 0.5) is 0 Å². The molecule has 2 fully saturated rings. The van der Waals surface area contributed by atoms with Gasteiger partial charge in [0.1, 0.15) is 12.7 Å². The molecule has 0 aromatic heterocycles. The molecule has 0 aromatic rings. The van der Waals surface area contributed by atoms with Gasteiger partial charge in [0.05, 0.1) is 24.0 Å². The number of hydrogen-bond acceptors (Lipinski definition) is 6. The Labute approximate surface area is 136 Å². The molecule has 0 aliphatic carbocycles. The van der Waals surface area contributed by atoms with Crippen LogP contribution in [-0.2, 0) is 19.1 Å². The minimum atomic E-state index is -0.873. The van der Waals surface area contributed by atoms with Gasteiger partial charge in [-0.05, 0) is 24.8 Å². The third-order valence-electron chi connectivity index (χ3n) is 5.58. The van der Waals surface area contributed by atoms with Crippen LogP contribution in [0.3, 0.4) is 0 Å². The van der Waals surface area contributed by atoms with E-state index in [4.69, 9.17) is 9.47 Å². The van der Waals surface area contributed by atoms with E-state index in [9.17, 15) is 14.7 Å². The van der Waals surface area contributed by atoms with Crippen molar-refractivity contribution in [2.75, 3.05) is 19.7 Å². The lowest BCUT2D eigenvalue weighted by Crippen LogP contribution is -2.39. The summed E-state index contributed by atoms with van der Waals surface area (Å²) in [7, 11) is 0. The molecule has 0 bridgehead atoms. The SMILES string of the molecule is CC(O)C1C(=O)OCC2=CCN3CC[C@@H](OC(=O)[C@H](C)[C@@H]1C)[C@@H]23. The second kappa shape index (κ2) is 6.24. The first-order valence-electron chi connectivity index (χ1n) is 8.38. The number of carbonyl (C=O) groups is 2. The highest BCUT2D eigenvalue weighted by Crippen LogP contribution is 2.34. The second-order valence-corrected chi connectivity index (χ2v) is 7.00. The first-order valence-corrected chi connectivity index (χ1v) is 8.38. The average Bonchev–Trinajstić information content (AvgIpc) is 3.06. The van der Waals surface area contributed by atoms with Crippen LogP contribution in [0.5, 0.6) is 0 Å². The smallest absolute Gasteiger partial charge is 0.312 e. The number of cyclic esters (lactones) is 1. The van der Waals surface area contributed by atoms with Gasteiger partial charge in [-0.25, -0.2) is 0 Å². The third kappa shape index (κ3) is 2.90. The van der Waals surface area contributed by atoms with Crippen LogP contribution < -0.4 is 0 Å². The Morgan fingerprint density at radius 1 is 1.30 bits per heavy atom. The standard InChI is InChI=1S/C17H25NO5/c1-9-10(2)16(20)23-13-5-7-18-6-4-12(15(13)18)8-22-17(21)14(9)11(3)19/h4,9-11,13-15,19H,5-8H2,1-3H3/t9-,10+,11?,13+,14?,15+/m0/s1. The monoisotopic (exact) mass is 323 g/mol. The Bertz CT molecular complexity index is 529. The van der Waals surface area contributed by atoms with Gasteiger partial charge in [0.2, 0.25) is 0 Å². The maximum absolute atomic E-state index is 12.5. The predicted molar refractivity (Wildman–Crippen MR) is 82.4 cm³/mol. The maximum Gasteiger partial charge on any atom is 0.312 e. The fraction of sp³-hybridized carbons (Fsp3) is 0.765. The van der Waals surface area contributed by atoms with E-state index in [2.05, 4.69) is 11.0 Å². The topological polar surface area (TPSA) is 76.1 Å². The predicted octanol–water partition coefficient (Wildman–Crippen LogP) is 0.738. The van der Waals surface area contributed by atoms with E-state index in [1.165, 1.54) is 0 Å². The molecule has 3 aliphatic heterocycles. The maximum atomic E-state index is 12.5. The van der Waals surface area contributed by atoms with Crippen molar-refractivity contribution in [3.63, 3.8) is 0 Å². The normalized spacial score (nSPS) is 39.8. The van der Waals surface area contributed by atoms with Crippen molar-refractivity contribution >= 4 is 11.9 Å². The van der Waals surface area contributed by atoms with E-state index in [1.807, 2.05) is 0 Å². The van der Waals surface area contributed by atoms with Crippen LogP contribution in [0, 0.1) is 17.8 Å². The molecule has 3 heterocycles. The van der Waals surface area contributed by atoms with Gasteiger partial charge >= 0.3 is 11.9 Å². The van der Waals surface area contributed by atoms with Crippen molar-refractivity contribution in [2.45, 2.75) is 45.4 Å². The number of esters is 2. The molecule has 0 aromatic carbocycles. The summed E-state index contributed by atoms with van der Waals surface area (Å²) in [5, 5.41) is 9.99. The van der Waals surface area contributed by atoms with Crippen molar-refractivity contribution in [2.24, 2.45) is 17.8 Å². The Hall–Kier alpha value is -1.40. The summed E-state index contributed by atoms with van der Waals surface area (Å²) in [4.78, 5) is 27.2. The Morgan fingerprint density at radius 2 is 2.04 bits per heavy atom. The molecule has 1 N–H and O–H groups in total. The molecule has 0 spiro atoms. The van der Waals surface area contributed by atoms with Crippen molar-refractivity contribution in [3.8, 4) is 0 Å². The lowest BCUT2D eigenvalue weighted by atomic mass is 9.81.